The van der Waals surface area contributed by atoms with Gasteiger partial charge in [-0.2, -0.15) is 0 Å². The Kier molecular flexibility index (Phi) is 2.66. The first-order valence-corrected chi connectivity index (χ1v) is 5.04. The molecule has 0 radical (unpaired) electrons. The average Bonchev–Trinajstić information content (AvgIpc) is 2.01. The second-order valence-corrected chi connectivity index (χ2v) is 4.03. The second-order valence-electron chi connectivity index (χ2n) is 2.46. The van der Waals surface area contributed by atoms with Crippen LogP contribution < -0.4 is 5.30 Å². The Morgan fingerprint density at radius 2 is 2.08 bits per heavy atom. The molecule has 2 N–H and O–H groups in total. The minimum atomic E-state index is -4.50. The van der Waals surface area contributed by atoms with Gasteiger partial charge in [0.15, 0.2) is 0 Å². The fraction of sp³-hybridized carbons (Fsp3) is 0. The molecule has 0 unspecified atom stereocenters. The molecule has 5 heteroatoms. The number of hydrogen-bond acceptors (Lipinski definition) is 1. The lowest BCUT2D eigenvalue weighted by Gasteiger charge is -2.05. The van der Waals surface area contributed by atoms with Crippen molar-refractivity contribution < 1.29 is 18.7 Å². The summed E-state index contributed by atoms with van der Waals surface area (Å²) in [4.78, 5) is 17.4. The minimum absolute atomic E-state index is 0.481. The summed E-state index contributed by atoms with van der Waals surface area (Å²) in [6, 6.07) is 3.49. The molecule has 1 rings (SSSR count). The van der Waals surface area contributed by atoms with E-state index in [0.29, 0.717) is 5.56 Å². The van der Waals surface area contributed by atoms with E-state index in [-0.39, 0.29) is 0 Å². The van der Waals surface area contributed by atoms with Crippen LogP contribution in [0.15, 0.2) is 24.8 Å². The van der Waals surface area contributed by atoms with Crippen molar-refractivity contribution >= 4 is 19.0 Å². The number of rotatable bonds is 2. The molecule has 3 nitrogen and oxygen atoms in total. The van der Waals surface area contributed by atoms with Gasteiger partial charge in [-0.1, -0.05) is 18.7 Å². The van der Waals surface area contributed by atoms with Gasteiger partial charge in [0.1, 0.15) is 5.82 Å². The molecular formula is C8H8FO3P. The summed E-state index contributed by atoms with van der Waals surface area (Å²) >= 11 is 0. The number of hydrogen-bond donors (Lipinski definition) is 2. The number of benzene rings is 1. The smallest absolute Gasteiger partial charge is 0.321 e. The molecule has 0 bridgehead atoms. The van der Waals surface area contributed by atoms with Crippen LogP contribution in [-0.4, -0.2) is 9.79 Å². The summed E-state index contributed by atoms with van der Waals surface area (Å²) in [6.07, 6.45) is 1.40. The summed E-state index contributed by atoms with van der Waals surface area (Å²) in [5.41, 5.74) is 0.481. The topological polar surface area (TPSA) is 57.5 Å². The predicted molar refractivity (Wildman–Crippen MR) is 48.2 cm³/mol. The van der Waals surface area contributed by atoms with Crippen LogP contribution in [0.25, 0.3) is 6.08 Å². The fourth-order valence-corrected chi connectivity index (χ4v) is 1.50. The molecule has 0 aliphatic heterocycles. The van der Waals surface area contributed by atoms with Crippen molar-refractivity contribution in [3.8, 4) is 0 Å². The van der Waals surface area contributed by atoms with Crippen molar-refractivity contribution in [1.29, 1.82) is 0 Å². The first-order valence-electron chi connectivity index (χ1n) is 3.43. The van der Waals surface area contributed by atoms with Crippen molar-refractivity contribution in [3.05, 3.63) is 36.2 Å². The van der Waals surface area contributed by atoms with Gasteiger partial charge >= 0.3 is 7.60 Å². The summed E-state index contributed by atoms with van der Waals surface area (Å²) in [5, 5.41) is -0.585. The SMILES string of the molecule is C=Cc1ccc(P(=O)(O)O)c(F)c1. The normalized spacial score (nSPS) is 11.3. The van der Waals surface area contributed by atoms with Gasteiger partial charge in [0.05, 0.1) is 5.30 Å². The van der Waals surface area contributed by atoms with Crippen molar-refractivity contribution in [3.63, 3.8) is 0 Å². The summed E-state index contributed by atoms with van der Waals surface area (Å²) in [5.74, 6) is -0.911. The van der Waals surface area contributed by atoms with Crippen molar-refractivity contribution in [2.45, 2.75) is 0 Å². The maximum atomic E-state index is 13.0. The van der Waals surface area contributed by atoms with Crippen LogP contribution in [-0.2, 0) is 4.57 Å². The Balaban J connectivity index is 3.28. The highest BCUT2D eigenvalue weighted by molar-refractivity contribution is 7.60. The van der Waals surface area contributed by atoms with E-state index < -0.39 is 18.7 Å². The van der Waals surface area contributed by atoms with Crippen LogP contribution in [0.1, 0.15) is 5.56 Å². The molecule has 0 saturated heterocycles. The van der Waals surface area contributed by atoms with Crippen LogP contribution >= 0.6 is 7.60 Å². The quantitative estimate of drug-likeness (QED) is 0.710. The molecule has 0 aliphatic rings. The zero-order valence-electron chi connectivity index (χ0n) is 6.64. The molecule has 0 saturated carbocycles. The van der Waals surface area contributed by atoms with E-state index in [1.807, 2.05) is 0 Å². The first kappa shape index (κ1) is 10.1. The predicted octanol–water partition coefficient (Wildman–Crippen LogP) is 1.27. The Bertz CT molecular complexity index is 383. The molecule has 0 aromatic heterocycles. The molecule has 0 fully saturated rings. The molecule has 0 heterocycles. The lowest BCUT2D eigenvalue weighted by Crippen LogP contribution is -2.08. The van der Waals surface area contributed by atoms with E-state index in [1.54, 1.807) is 0 Å². The van der Waals surface area contributed by atoms with Crippen molar-refractivity contribution in [2.24, 2.45) is 0 Å². The lowest BCUT2D eigenvalue weighted by atomic mass is 10.2. The van der Waals surface area contributed by atoms with Crippen molar-refractivity contribution in [2.75, 3.05) is 0 Å². The standard InChI is InChI=1S/C8H8FO3P/c1-2-6-3-4-8(7(9)5-6)13(10,11)12/h2-5H,1H2,(H2,10,11,12). The molecule has 70 valence electrons. The molecular weight excluding hydrogens is 194 g/mol. The van der Waals surface area contributed by atoms with Gasteiger partial charge in [0, 0.05) is 0 Å². The summed E-state index contributed by atoms with van der Waals surface area (Å²) < 4.78 is 23.7. The fourth-order valence-electron chi connectivity index (χ4n) is 0.886. The maximum Gasteiger partial charge on any atom is 0.359 e. The largest absolute Gasteiger partial charge is 0.359 e. The van der Waals surface area contributed by atoms with Gasteiger partial charge in [0.2, 0.25) is 0 Å². The van der Waals surface area contributed by atoms with Gasteiger partial charge in [0.25, 0.3) is 0 Å². The highest BCUT2D eigenvalue weighted by atomic mass is 31.2. The highest BCUT2D eigenvalue weighted by Crippen LogP contribution is 2.34. The van der Waals surface area contributed by atoms with Crippen LogP contribution in [0.4, 0.5) is 4.39 Å². The Hall–Kier alpha value is -0.960. The van der Waals surface area contributed by atoms with E-state index in [2.05, 4.69) is 6.58 Å². The minimum Gasteiger partial charge on any atom is -0.321 e. The van der Waals surface area contributed by atoms with Crippen LogP contribution in [0.3, 0.4) is 0 Å². The van der Waals surface area contributed by atoms with E-state index in [0.717, 1.165) is 12.1 Å². The summed E-state index contributed by atoms with van der Waals surface area (Å²) in [6.45, 7) is 3.40. The third-order valence-corrected chi connectivity index (χ3v) is 2.51. The van der Waals surface area contributed by atoms with Crippen LogP contribution in [0.2, 0.25) is 0 Å². The van der Waals surface area contributed by atoms with Crippen LogP contribution in [0.5, 0.6) is 0 Å². The highest BCUT2D eigenvalue weighted by Gasteiger charge is 2.21. The van der Waals surface area contributed by atoms with Crippen molar-refractivity contribution in [1.82, 2.24) is 0 Å². The van der Waals surface area contributed by atoms with Gasteiger partial charge in [-0.3, -0.25) is 4.57 Å². The Morgan fingerprint density at radius 1 is 1.46 bits per heavy atom. The first-order chi connectivity index (χ1) is 5.95. The Morgan fingerprint density at radius 3 is 2.46 bits per heavy atom. The van der Waals surface area contributed by atoms with Gasteiger partial charge < -0.3 is 9.79 Å². The van der Waals surface area contributed by atoms with E-state index in [1.165, 1.54) is 12.1 Å². The third kappa shape index (κ3) is 2.25. The average molecular weight is 202 g/mol. The zero-order valence-corrected chi connectivity index (χ0v) is 7.54. The molecule has 0 aliphatic carbocycles. The second kappa shape index (κ2) is 3.42. The lowest BCUT2D eigenvalue weighted by molar-refractivity contribution is 0.385. The van der Waals surface area contributed by atoms with Gasteiger partial charge in [-0.05, 0) is 17.7 Å². The molecule has 0 spiro atoms. The summed E-state index contributed by atoms with van der Waals surface area (Å²) in [7, 11) is -4.50. The Labute approximate surface area is 74.7 Å². The molecule has 1 aromatic carbocycles. The number of halogens is 1. The molecule has 13 heavy (non-hydrogen) atoms. The van der Waals surface area contributed by atoms with E-state index in [9.17, 15) is 8.96 Å². The van der Waals surface area contributed by atoms with Crippen LogP contribution in [0, 0.1) is 5.82 Å². The molecule has 0 atom stereocenters. The van der Waals surface area contributed by atoms with E-state index >= 15 is 0 Å². The molecule has 1 aromatic rings. The van der Waals surface area contributed by atoms with Gasteiger partial charge in [-0.25, -0.2) is 4.39 Å². The maximum absolute atomic E-state index is 13.0. The third-order valence-electron chi connectivity index (χ3n) is 1.52. The molecule has 0 amide bonds. The zero-order chi connectivity index (χ0) is 10.1. The van der Waals surface area contributed by atoms with Gasteiger partial charge in [-0.15, -0.1) is 0 Å². The van der Waals surface area contributed by atoms with E-state index in [4.69, 9.17) is 9.79 Å². The monoisotopic (exact) mass is 202 g/mol.